The fraction of sp³-hybridized carbons (Fsp3) is 0.600. The first-order valence-electron chi connectivity index (χ1n) is 7.06. The summed E-state index contributed by atoms with van der Waals surface area (Å²) in [6.07, 6.45) is 3.78. The van der Waals surface area contributed by atoms with Gasteiger partial charge in [-0.15, -0.1) is 0 Å². The highest BCUT2D eigenvalue weighted by molar-refractivity contribution is 6.34. The standard InChI is InChI=1S/C15H21Cl2NO/c1-12-5-8-18(9-6-12)7-2-10-19-15-11-13(16)3-4-14(15)17/h3-4,11-12H,2,5-10H2,1H3/p+1. The number of nitrogens with one attached hydrogen (secondary N) is 1. The monoisotopic (exact) mass is 302 g/mol. The third-order valence-electron chi connectivity index (χ3n) is 3.81. The van der Waals surface area contributed by atoms with Crippen LogP contribution in [0.2, 0.25) is 10.0 Å². The molecule has 0 atom stereocenters. The van der Waals surface area contributed by atoms with E-state index >= 15 is 0 Å². The highest BCUT2D eigenvalue weighted by atomic mass is 35.5. The molecule has 0 aliphatic carbocycles. The summed E-state index contributed by atoms with van der Waals surface area (Å²) < 4.78 is 5.70. The molecule has 0 spiro atoms. The summed E-state index contributed by atoms with van der Waals surface area (Å²) in [7, 11) is 0. The van der Waals surface area contributed by atoms with E-state index in [1.165, 1.54) is 32.5 Å². The largest absolute Gasteiger partial charge is 0.492 e. The maximum absolute atomic E-state index is 6.05. The second-order valence-electron chi connectivity index (χ2n) is 5.46. The van der Waals surface area contributed by atoms with Gasteiger partial charge in [-0.3, -0.25) is 0 Å². The zero-order chi connectivity index (χ0) is 13.7. The first kappa shape index (κ1) is 15.0. The third-order valence-corrected chi connectivity index (χ3v) is 4.35. The van der Waals surface area contributed by atoms with E-state index in [9.17, 15) is 0 Å². The van der Waals surface area contributed by atoms with Crippen LogP contribution in [0.4, 0.5) is 0 Å². The van der Waals surface area contributed by atoms with Crippen LogP contribution >= 0.6 is 23.2 Å². The Hall–Kier alpha value is -0.440. The Kier molecular flexibility index (Phi) is 5.80. The summed E-state index contributed by atoms with van der Waals surface area (Å²) in [5, 5.41) is 1.29. The van der Waals surface area contributed by atoms with Crippen molar-refractivity contribution in [2.75, 3.05) is 26.2 Å². The molecule has 1 saturated heterocycles. The van der Waals surface area contributed by atoms with E-state index < -0.39 is 0 Å². The minimum atomic E-state index is 0.628. The Morgan fingerprint density at radius 1 is 1.26 bits per heavy atom. The van der Waals surface area contributed by atoms with E-state index in [0.717, 1.165) is 12.3 Å². The van der Waals surface area contributed by atoms with Crippen LogP contribution < -0.4 is 9.64 Å². The van der Waals surface area contributed by atoms with Gasteiger partial charge in [-0.1, -0.05) is 30.1 Å². The topological polar surface area (TPSA) is 13.7 Å². The van der Waals surface area contributed by atoms with Crippen LogP contribution in [0.1, 0.15) is 26.2 Å². The first-order chi connectivity index (χ1) is 9.15. The SMILES string of the molecule is CC1CC[NH+](CCCOc2cc(Cl)ccc2Cl)CC1. The lowest BCUT2D eigenvalue weighted by atomic mass is 9.99. The van der Waals surface area contributed by atoms with Crippen molar-refractivity contribution < 1.29 is 9.64 Å². The molecule has 0 unspecified atom stereocenters. The molecule has 19 heavy (non-hydrogen) atoms. The molecular formula is C15H22Cl2NO+. The zero-order valence-electron chi connectivity index (χ0n) is 11.4. The van der Waals surface area contributed by atoms with Crippen molar-refractivity contribution in [3.63, 3.8) is 0 Å². The van der Waals surface area contributed by atoms with Gasteiger partial charge in [-0.2, -0.15) is 0 Å². The number of piperidine rings is 1. The van der Waals surface area contributed by atoms with E-state index in [1.807, 2.05) is 0 Å². The quantitative estimate of drug-likeness (QED) is 0.825. The number of benzene rings is 1. The van der Waals surface area contributed by atoms with Crippen LogP contribution in [0, 0.1) is 5.92 Å². The molecule has 0 aromatic heterocycles. The Morgan fingerprint density at radius 3 is 2.74 bits per heavy atom. The Balaban J connectivity index is 1.68. The number of quaternary nitrogens is 1. The highest BCUT2D eigenvalue weighted by Gasteiger charge is 2.18. The molecule has 1 aliphatic heterocycles. The number of hydrogen-bond acceptors (Lipinski definition) is 1. The van der Waals surface area contributed by atoms with Crippen molar-refractivity contribution in [1.82, 2.24) is 0 Å². The molecule has 4 heteroatoms. The first-order valence-corrected chi connectivity index (χ1v) is 7.82. The van der Waals surface area contributed by atoms with Gasteiger partial charge >= 0.3 is 0 Å². The van der Waals surface area contributed by atoms with Crippen LogP contribution in [0.25, 0.3) is 0 Å². The van der Waals surface area contributed by atoms with Crippen LogP contribution in [0.15, 0.2) is 18.2 Å². The van der Waals surface area contributed by atoms with Gasteiger partial charge in [-0.25, -0.2) is 0 Å². The summed E-state index contributed by atoms with van der Waals surface area (Å²) in [6, 6.07) is 5.33. The molecule has 2 rings (SSSR count). The van der Waals surface area contributed by atoms with Crippen LogP contribution in [0.3, 0.4) is 0 Å². The summed E-state index contributed by atoms with van der Waals surface area (Å²) in [4.78, 5) is 1.71. The molecule has 106 valence electrons. The van der Waals surface area contributed by atoms with E-state index in [1.54, 1.807) is 23.1 Å². The lowest BCUT2D eigenvalue weighted by molar-refractivity contribution is -0.906. The zero-order valence-corrected chi connectivity index (χ0v) is 12.9. The number of halogens is 2. The second kappa shape index (κ2) is 7.37. The Labute approximate surface area is 125 Å². The Morgan fingerprint density at radius 2 is 2.00 bits per heavy atom. The predicted molar refractivity (Wildman–Crippen MR) is 80.5 cm³/mol. The minimum absolute atomic E-state index is 0.628. The molecule has 0 bridgehead atoms. The van der Waals surface area contributed by atoms with Crippen LogP contribution in [0.5, 0.6) is 5.75 Å². The molecule has 1 N–H and O–H groups in total. The molecular weight excluding hydrogens is 281 g/mol. The van der Waals surface area contributed by atoms with Gasteiger partial charge < -0.3 is 9.64 Å². The molecule has 1 fully saturated rings. The molecule has 1 heterocycles. The number of ether oxygens (including phenoxy) is 1. The van der Waals surface area contributed by atoms with Crippen LogP contribution in [-0.2, 0) is 0 Å². The summed E-state index contributed by atoms with van der Waals surface area (Å²) in [5.74, 6) is 1.60. The van der Waals surface area contributed by atoms with E-state index in [-0.39, 0.29) is 0 Å². The molecule has 0 radical (unpaired) electrons. The number of hydrogen-bond donors (Lipinski definition) is 1. The van der Waals surface area contributed by atoms with Crippen molar-refractivity contribution in [2.24, 2.45) is 5.92 Å². The Bertz CT molecular complexity index is 403. The van der Waals surface area contributed by atoms with Crippen molar-refractivity contribution in [3.05, 3.63) is 28.2 Å². The van der Waals surface area contributed by atoms with Gasteiger partial charge in [0.25, 0.3) is 0 Å². The highest BCUT2D eigenvalue weighted by Crippen LogP contribution is 2.27. The molecule has 0 saturated carbocycles. The third kappa shape index (κ3) is 4.87. The van der Waals surface area contributed by atoms with Gasteiger partial charge in [-0.05, 0) is 30.9 Å². The molecule has 1 aliphatic rings. The van der Waals surface area contributed by atoms with Gasteiger partial charge in [0.05, 0.1) is 31.3 Å². The van der Waals surface area contributed by atoms with Crippen LogP contribution in [-0.4, -0.2) is 26.2 Å². The van der Waals surface area contributed by atoms with Crippen molar-refractivity contribution in [1.29, 1.82) is 0 Å². The fourth-order valence-corrected chi connectivity index (χ4v) is 2.85. The van der Waals surface area contributed by atoms with E-state index in [0.29, 0.717) is 22.4 Å². The lowest BCUT2D eigenvalue weighted by Gasteiger charge is -2.27. The number of rotatable bonds is 5. The van der Waals surface area contributed by atoms with Gasteiger partial charge in [0.1, 0.15) is 5.75 Å². The maximum Gasteiger partial charge on any atom is 0.139 e. The second-order valence-corrected chi connectivity index (χ2v) is 6.30. The average Bonchev–Trinajstić information content (AvgIpc) is 2.40. The normalized spacial score (nSPS) is 23.3. The van der Waals surface area contributed by atoms with E-state index in [2.05, 4.69) is 6.92 Å². The minimum Gasteiger partial charge on any atom is -0.492 e. The predicted octanol–water partition coefficient (Wildman–Crippen LogP) is 3.08. The van der Waals surface area contributed by atoms with Gasteiger partial charge in [0.2, 0.25) is 0 Å². The summed E-state index contributed by atoms with van der Waals surface area (Å²) in [6.45, 7) is 6.85. The summed E-state index contributed by atoms with van der Waals surface area (Å²) in [5.41, 5.74) is 0. The average molecular weight is 303 g/mol. The van der Waals surface area contributed by atoms with Crippen molar-refractivity contribution in [3.8, 4) is 5.75 Å². The van der Waals surface area contributed by atoms with E-state index in [4.69, 9.17) is 27.9 Å². The summed E-state index contributed by atoms with van der Waals surface area (Å²) >= 11 is 12.0. The smallest absolute Gasteiger partial charge is 0.139 e. The molecule has 1 aromatic carbocycles. The number of likely N-dealkylation sites (tertiary alicyclic amines) is 1. The lowest BCUT2D eigenvalue weighted by Crippen LogP contribution is -3.13. The molecule has 0 amide bonds. The van der Waals surface area contributed by atoms with Crippen molar-refractivity contribution in [2.45, 2.75) is 26.2 Å². The van der Waals surface area contributed by atoms with Gasteiger partial charge in [0.15, 0.2) is 0 Å². The van der Waals surface area contributed by atoms with Gasteiger partial charge in [0, 0.05) is 17.5 Å². The maximum atomic E-state index is 6.05. The molecule has 1 aromatic rings. The molecule has 2 nitrogen and oxygen atoms in total. The van der Waals surface area contributed by atoms with Crippen molar-refractivity contribution >= 4 is 23.2 Å². The fourth-order valence-electron chi connectivity index (χ4n) is 2.51.